The van der Waals surface area contributed by atoms with Crippen molar-refractivity contribution in [1.29, 1.82) is 0 Å². The highest BCUT2D eigenvalue weighted by Gasteiger charge is 2.34. The topological polar surface area (TPSA) is 97.8 Å². The molecule has 2 aromatic rings. The first kappa shape index (κ1) is 21.0. The smallest absolute Gasteiger partial charge is 0.309 e. The number of hydrogen-bond acceptors (Lipinski definition) is 7. The molecule has 1 fully saturated rings. The zero-order valence-electron chi connectivity index (χ0n) is 15.3. The van der Waals surface area contributed by atoms with Crippen LogP contribution in [0.1, 0.15) is 19.8 Å². The van der Waals surface area contributed by atoms with Gasteiger partial charge in [0.1, 0.15) is 8.42 Å². The summed E-state index contributed by atoms with van der Waals surface area (Å²) in [6.07, 6.45) is 0.775. The van der Waals surface area contributed by atoms with Crippen LogP contribution >= 0.6 is 11.3 Å². The molecule has 7 nitrogen and oxygen atoms in total. The number of carbonyl (C=O) groups is 1. The minimum absolute atomic E-state index is 0.0151. The zero-order chi connectivity index (χ0) is 20.4. The maximum Gasteiger partial charge on any atom is 0.309 e. The summed E-state index contributed by atoms with van der Waals surface area (Å²) < 4.78 is 57.4. The molecule has 10 heteroatoms. The van der Waals surface area contributed by atoms with Crippen LogP contribution in [0.2, 0.25) is 0 Å². The van der Waals surface area contributed by atoms with Gasteiger partial charge in [0.2, 0.25) is 9.84 Å². The van der Waals surface area contributed by atoms with Crippen molar-refractivity contribution < 1.29 is 26.4 Å². The molecule has 3 rings (SSSR count). The summed E-state index contributed by atoms with van der Waals surface area (Å²) in [6.45, 7) is 2.43. The number of sulfone groups is 1. The molecule has 0 N–H and O–H groups in total. The lowest BCUT2D eigenvalue weighted by atomic mass is 9.98. The van der Waals surface area contributed by atoms with E-state index in [1.165, 1.54) is 28.6 Å². The Balaban J connectivity index is 1.77. The van der Waals surface area contributed by atoms with E-state index in [4.69, 9.17) is 4.74 Å². The summed E-state index contributed by atoms with van der Waals surface area (Å²) in [5, 5.41) is 0. The van der Waals surface area contributed by atoms with E-state index in [9.17, 15) is 21.6 Å². The second kappa shape index (κ2) is 8.32. The summed E-state index contributed by atoms with van der Waals surface area (Å²) in [7, 11) is -7.57. The second-order valence-corrected chi connectivity index (χ2v) is 11.7. The molecule has 0 saturated carbocycles. The van der Waals surface area contributed by atoms with E-state index in [1.807, 2.05) is 0 Å². The largest absolute Gasteiger partial charge is 0.466 e. The first-order valence-corrected chi connectivity index (χ1v) is 12.6. The van der Waals surface area contributed by atoms with Crippen molar-refractivity contribution in [2.75, 3.05) is 19.7 Å². The number of piperidine rings is 1. The summed E-state index contributed by atoms with van der Waals surface area (Å²) in [5.41, 5.74) is 0. The fraction of sp³-hybridized carbons (Fsp3) is 0.389. The van der Waals surface area contributed by atoms with Crippen LogP contribution in [0.15, 0.2) is 55.8 Å². The molecule has 0 atom stereocenters. The molecule has 1 aromatic heterocycles. The number of esters is 1. The van der Waals surface area contributed by atoms with Crippen molar-refractivity contribution in [1.82, 2.24) is 4.31 Å². The molecular weight excluding hydrogens is 422 g/mol. The predicted molar refractivity (Wildman–Crippen MR) is 104 cm³/mol. The highest BCUT2D eigenvalue weighted by molar-refractivity contribution is 7.95. The fourth-order valence-electron chi connectivity index (χ4n) is 3.02. The van der Waals surface area contributed by atoms with Crippen LogP contribution in [0.3, 0.4) is 0 Å². The Kier molecular flexibility index (Phi) is 6.23. The van der Waals surface area contributed by atoms with Gasteiger partial charge >= 0.3 is 5.97 Å². The Hall–Kier alpha value is -1.75. The van der Waals surface area contributed by atoms with Crippen LogP contribution in [-0.2, 0) is 29.4 Å². The van der Waals surface area contributed by atoms with Crippen molar-refractivity contribution in [2.45, 2.75) is 33.1 Å². The number of hydrogen-bond donors (Lipinski definition) is 0. The third kappa shape index (κ3) is 4.14. The van der Waals surface area contributed by atoms with E-state index in [0.717, 1.165) is 11.3 Å². The second-order valence-electron chi connectivity index (χ2n) is 6.32. The van der Waals surface area contributed by atoms with Gasteiger partial charge < -0.3 is 4.74 Å². The minimum atomic E-state index is -3.81. The Morgan fingerprint density at radius 3 is 2.25 bits per heavy atom. The lowest BCUT2D eigenvalue weighted by molar-refractivity contribution is -0.149. The van der Waals surface area contributed by atoms with Gasteiger partial charge in [-0.3, -0.25) is 4.79 Å². The summed E-state index contributed by atoms with van der Waals surface area (Å²) in [5.74, 6) is -0.601. The van der Waals surface area contributed by atoms with Gasteiger partial charge in [-0.05, 0) is 44.0 Å². The molecule has 1 aliphatic rings. The minimum Gasteiger partial charge on any atom is -0.466 e. The average Bonchev–Trinajstić information content (AvgIpc) is 3.21. The molecule has 28 heavy (non-hydrogen) atoms. The number of benzene rings is 1. The molecule has 1 aliphatic heterocycles. The fourth-order valence-corrected chi connectivity index (χ4v) is 7.83. The summed E-state index contributed by atoms with van der Waals surface area (Å²) in [6, 6.07) is 10.5. The molecule has 0 unspecified atom stereocenters. The Morgan fingerprint density at radius 1 is 1.04 bits per heavy atom. The number of sulfonamides is 1. The van der Waals surface area contributed by atoms with Gasteiger partial charge in [-0.1, -0.05) is 18.2 Å². The summed E-state index contributed by atoms with van der Waals surface area (Å²) in [4.78, 5) is 11.9. The summed E-state index contributed by atoms with van der Waals surface area (Å²) >= 11 is 0.741. The van der Waals surface area contributed by atoms with Crippen LogP contribution in [0, 0.1) is 5.92 Å². The lowest BCUT2D eigenvalue weighted by Crippen LogP contribution is -2.40. The van der Waals surface area contributed by atoms with Gasteiger partial charge in [0.25, 0.3) is 10.0 Å². The van der Waals surface area contributed by atoms with Crippen molar-refractivity contribution >= 4 is 37.2 Å². The monoisotopic (exact) mass is 443 g/mol. The van der Waals surface area contributed by atoms with Crippen molar-refractivity contribution in [3.63, 3.8) is 0 Å². The van der Waals surface area contributed by atoms with Crippen LogP contribution < -0.4 is 0 Å². The number of nitrogens with zero attached hydrogens (tertiary/aromatic N) is 1. The van der Waals surface area contributed by atoms with Gasteiger partial charge in [0.05, 0.1) is 17.4 Å². The van der Waals surface area contributed by atoms with E-state index < -0.39 is 19.9 Å². The molecule has 152 valence electrons. The molecule has 0 amide bonds. The third-order valence-corrected chi connectivity index (χ3v) is 10.3. The number of carbonyl (C=O) groups excluding carboxylic acids is 1. The van der Waals surface area contributed by atoms with Crippen LogP contribution in [0.4, 0.5) is 0 Å². The van der Waals surface area contributed by atoms with Gasteiger partial charge in [-0.15, -0.1) is 11.3 Å². The van der Waals surface area contributed by atoms with Gasteiger partial charge in [0.15, 0.2) is 0 Å². The van der Waals surface area contributed by atoms with E-state index in [1.54, 1.807) is 25.1 Å². The zero-order valence-corrected chi connectivity index (χ0v) is 17.7. The van der Waals surface area contributed by atoms with Crippen molar-refractivity contribution in [3.05, 3.63) is 42.5 Å². The van der Waals surface area contributed by atoms with E-state index in [2.05, 4.69) is 0 Å². The molecule has 0 spiro atoms. The lowest BCUT2D eigenvalue weighted by Gasteiger charge is -2.29. The highest BCUT2D eigenvalue weighted by Crippen LogP contribution is 2.33. The maximum absolute atomic E-state index is 12.9. The molecule has 0 aliphatic carbocycles. The van der Waals surface area contributed by atoms with Crippen LogP contribution in [-0.4, -0.2) is 46.8 Å². The predicted octanol–water partition coefficient (Wildman–Crippen LogP) is 2.54. The molecule has 0 bridgehead atoms. The quantitative estimate of drug-likeness (QED) is 0.637. The molecular formula is C18H21NO6S3. The highest BCUT2D eigenvalue weighted by atomic mass is 32.3. The normalized spacial score (nSPS) is 16.8. The van der Waals surface area contributed by atoms with Crippen LogP contribution in [0.5, 0.6) is 0 Å². The van der Waals surface area contributed by atoms with E-state index >= 15 is 0 Å². The standard InChI is InChI=1S/C18H21NO6S3/c1-2-25-18(20)14-10-12-19(13-11-14)28(23,24)17-9-8-16(26-17)27(21,22)15-6-4-3-5-7-15/h3-9,14H,2,10-13H2,1H3. The first-order chi connectivity index (χ1) is 13.3. The SMILES string of the molecule is CCOC(=O)C1CCN(S(=O)(=O)c2ccc(S(=O)(=O)c3ccccc3)s2)CC1. The number of rotatable bonds is 6. The van der Waals surface area contributed by atoms with Gasteiger partial charge in [-0.25, -0.2) is 16.8 Å². The number of thiophene rings is 1. The van der Waals surface area contributed by atoms with E-state index in [0.29, 0.717) is 19.4 Å². The van der Waals surface area contributed by atoms with Gasteiger partial charge in [0, 0.05) is 13.1 Å². The van der Waals surface area contributed by atoms with Crippen molar-refractivity contribution in [3.8, 4) is 0 Å². The molecule has 2 heterocycles. The van der Waals surface area contributed by atoms with Crippen LogP contribution in [0.25, 0.3) is 0 Å². The molecule has 1 saturated heterocycles. The maximum atomic E-state index is 12.9. The molecule has 0 radical (unpaired) electrons. The first-order valence-electron chi connectivity index (χ1n) is 8.83. The van der Waals surface area contributed by atoms with Crippen molar-refractivity contribution in [2.24, 2.45) is 5.92 Å². The molecule has 1 aromatic carbocycles. The average molecular weight is 444 g/mol. The third-order valence-electron chi connectivity index (χ3n) is 4.54. The Labute approximate surface area is 168 Å². The number of ether oxygens (including phenoxy) is 1. The van der Waals surface area contributed by atoms with E-state index in [-0.39, 0.29) is 38.3 Å². The van der Waals surface area contributed by atoms with Gasteiger partial charge in [-0.2, -0.15) is 4.31 Å². The Morgan fingerprint density at radius 2 is 1.64 bits per heavy atom. The Bertz CT molecular complexity index is 1040.